The molecule has 1 N–H and O–H groups in total. The zero-order valence-corrected chi connectivity index (χ0v) is 10.9. The molecule has 2 aromatic heterocycles. The van der Waals surface area contributed by atoms with Crippen LogP contribution in [-0.4, -0.2) is 30.1 Å². The summed E-state index contributed by atoms with van der Waals surface area (Å²) < 4.78 is 8.13. The summed E-state index contributed by atoms with van der Waals surface area (Å²) in [6.45, 7) is 0.914. The molecule has 0 saturated carbocycles. The average molecular weight is 284 g/mol. The highest BCUT2D eigenvalue weighted by Crippen LogP contribution is 2.23. The van der Waals surface area contributed by atoms with Crippen LogP contribution in [0.3, 0.4) is 0 Å². The van der Waals surface area contributed by atoms with Crippen LogP contribution in [0.1, 0.15) is 5.82 Å². The van der Waals surface area contributed by atoms with Crippen molar-refractivity contribution in [3.63, 3.8) is 0 Å². The molecule has 0 aliphatic heterocycles. The number of likely N-dealkylation sites (N-methyl/N-ethyl adjacent to an activating group) is 1. The molecule has 4 nitrogen and oxygen atoms in total. The second-order valence-electron chi connectivity index (χ2n) is 3.49. The van der Waals surface area contributed by atoms with Gasteiger partial charge >= 0.3 is 0 Å². The van der Waals surface area contributed by atoms with Crippen molar-refractivity contribution in [1.82, 2.24) is 14.7 Å². The van der Waals surface area contributed by atoms with Crippen LogP contribution in [0.5, 0.6) is 5.75 Å². The number of ether oxygens (including phenoxy) is 1. The molecule has 2 heterocycles. The van der Waals surface area contributed by atoms with Crippen LogP contribution < -0.4 is 10.1 Å². The lowest BCUT2D eigenvalue weighted by Gasteiger charge is -2.03. The number of hydrogen-bond donors (Lipinski definition) is 1. The third kappa shape index (κ3) is 2.05. The molecule has 0 bridgehead atoms. The second kappa shape index (κ2) is 4.84. The van der Waals surface area contributed by atoms with Gasteiger partial charge in [0.15, 0.2) is 0 Å². The number of methoxy groups -OCH3 is 1. The van der Waals surface area contributed by atoms with Gasteiger partial charge in [0.05, 0.1) is 12.6 Å². The number of hydrogen-bond acceptors (Lipinski definition) is 3. The van der Waals surface area contributed by atoms with Gasteiger partial charge in [0.2, 0.25) is 0 Å². The number of nitrogens with zero attached hydrogens (tertiary/aromatic N) is 2. The van der Waals surface area contributed by atoms with Gasteiger partial charge in [-0.2, -0.15) is 0 Å². The highest BCUT2D eigenvalue weighted by Gasteiger charge is 2.09. The number of nitrogens with one attached hydrogen (secondary N) is 1. The van der Waals surface area contributed by atoms with E-state index in [1.807, 2.05) is 25.4 Å². The van der Waals surface area contributed by atoms with Crippen LogP contribution in [0.4, 0.5) is 0 Å². The molecule has 0 spiro atoms. The summed E-state index contributed by atoms with van der Waals surface area (Å²) in [5.41, 5.74) is 1.03. The number of rotatable bonds is 4. The fourth-order valence-electron chi connectivity index (χ4n) is 1.63. The van der Waals surface area contributed by atoms with Gasteiger partial charge in [0.1, 0.15) is 16.2 Å². The molecular formula is C11H14BrN3O. The van der Waals surface area contributed by atoms with E-state index in [0.29, 0.717) is 0 Å². The number of pyridine rings is 1. The Morgan fingerprint density at radius 3 is 3.06 bits per heavy atom. The van der Waals surface area contributed by atoms with Gasteiger partial charge in [-0.1, -0.05) is 0 Å². The van der Waals surface area contributed by atoms with E-state index < -0.39 is 0 Å². The predicted octanol–water partition coefficient (Wildman–Crippen LogP) is 1.87. The molecule has 0 aliphatic rings. The van der Waals surface area contributed by atoms with Crippen molar-refractivity contribution in [2.24, 2.45) is 0 Å². The minimum absolute atomic E-state index is 0.841. The van der Waals surface area contributed by atoms with Crippen molar-refractivity contribution >= 4 is 21.4 Å². The van der Waals surface area contributed by atoms with E-state index in [9.17, 15) is 0 Å². The Hall–Kier alpha value is -1.07. The molecule has 2 aromatic rings. The first-order valence-electron chi connectivity index (χ1n) is 5.11. The van der Waals surface area contributed by atoms with E-state index in [1.165, 1.54) is 0 Å². The molecule has 0 fully saturated rings. The number of halogens is 1. The van der Waals surface area contributed by atoms with E-state index in [4.69, 9.17) is 4.74 Å². The van der Waals surface area contributed by atoms with Gasteiger partial charge < -0.3 is 14.5 Å². The van der Waals surface area contributed by atoms with E-state index in [-0.39, 0.29) is 0 Å². The topological polar surface area (TPSA) is 38.6 Å². The lowest BCUT2D eigenvalue weighted by atomic mass is 10.3. The van der Waals surface area contributed by atoms with Crippen LogP contribution in [0.25, 0.3) is 5.52 Å². The zero-order valence-electron chi connectivity index (χ0n) is 9.33. The van der Waals surface area contributed by atoms with Crippen LogP contribution in [-0.2, 0) is 6.42 Å². The lowest BCUT2D eigenvalue weighted by Crippen LogP contribution is -2.12. The van der Waals surface area contributed by atoms with E-state index >= 15 is 0 Å². The fraction of sp³-hybridized carbons (Fsp3) is 0.364. The maximum absolute atomic E-state index is 5.19. The molecule has 0 radical (unpaired) electrons. The monoisotopic (exact) mass is 283 g/mol. The SMILES string of the molecule is CNCCc1nc(Br)c2cc(OC)ccn12. The predicted molar refractivity (Wildman–Crippen MR) is 67.1 cm³/mol. The Bertz CT molecular complexity index is 495. The van der Waals surface area contributed by atoms with E-state index in [1.54, 1.807) is 7.11 Å². The third-order valence-electron chi connectivity index (χ3n) is 2.48. The molecule has 5 heteroatoms. The van der Waals surface area contributed by atoms with Crippen molar-refractivity contribution in [1.29, 1.82) is 0 Å². The summed E-state index contributed by atoms with van der Waals surface area (Å²) in [5.74, 6) is 1.88. The summed E-state index contributed by atoms with van der Waals surface area (Å²) in [5, 5.41) is 3.12. The Balaban J connectivity index is 2.45. The molecule has 0 unspecified atom stereocenters. The van der Waals surface area contributed by atoms with Crippen LogP contribution >= 0.6 is 15.9 Å². The maximum Gasteiger partial charge on any atom is 0.132 e. The van der Waals surface area contributed by atoms with Gasteiger partial charge in [-0.05, 0) is 29.0 Å². The molecule has 2 rings (SSSR count). The van der Waals surface area contributed by atoms with Crippen molar-refractivity contribution < 1.29 is 4.74 Å². The molecule has 0 aromatic carbocycles. The van der Waals surface area contributed by atoms with Crippen molar-refractivity contribution in [2.75, 3.05) is 20.7 Å². The largest absolute Gasteiger partial charge is 0.497 e. The summed E-state index contributed by atoms with van der Waals surface area (Å²) in [6.07, 6.45) is 2.88. The molecule has 0 aliphatic carbocycles. The Kier molecular flexibility index (Phi) is 3.46. The maximum atomic E-state index is 5.19. The quantitative estimate of drug-likeness (QED) is 0.931. The minimum Gasteiger partial charge on any atom is -0.497 e. The first-order chi connectivity index (χ1) is 7.76. The molecule has 0 atom stereocenters. The fourth-order valence-corrected chi connectivity index (χ4v) is 2.14. The van der Waals surface area contributed by atoms with Gasteiger partial charge in [-0.3, -0.25) is 0 Å². The van der Waals surface area contributed by atoms with E-state index in [2.05, 4.69) is 30.6 Å². The van der Waals surface area contributed by atoms with Crippen LogP contribution in [0, 0.1) is 0 Å². The highest BCUT2D eigenvalue weighted by atomic mass is 79.9. The normalized spacial score (nSPS) is 10.9. The molecule has 16 heavy (non-hydrogen) atoms. The third-order valence-corrected chi connectivity index (χ3v) is 3.06. The molecular weight excluding hydrogens is 270 g/mol. The zero-order chi connectivity index (χ0) is 11.5. The Labute approximate surface area is 103 Å². The smallest absolute Gasteiger partial charge is 0.132 e. The first-order valence-corrected chi connectivity index (χ1v) is 5.90. The molecule has 0 saturated heterocycles. The molecule has 86 valence electrons. The summed E-state index contributed by atoms with van der Waals surface area (Å²) in [7, 11) is 3.60. The first kappa shape index (κ1) is 11.4. The average Bonchev–Trinajstić information content (AvgIpc) is 2.63. The summed E-state index contributed by atoms with van der Waals surface area (Å²) >= 11 is 3.47. The highest BCUT2D eigenvalue weighted by molar-refractivity contribution is 9.10. The van der Waals surface area contributed by atoms with Crippen LogP contribution in [0.15, 0.2) is 22.9 Å². The molecule has 0 amide bonds. The standard InChI is InChI=1S/C11H14BrN3O/c1-13-5-3-10-14-11(12)9-7-8(16-2)4-6-15(9)10/h4,6-7,13H,3,5H2,1-2H3. The Morgan fingerprint density at radius 2 is 2.38 bits per heavy atom. The second-order valence-corrected chi connectivity index (χ2v) is 4.25. The van der Waals surface area contributed by atoms with Crippen LogP contribution in [0.2, 0.25) is 0 Å². The minimum atomic E-state index is 0.841. The van der Waals surface area contributed by atoms with Gasteiger partial charge in [0, 0.05) is 25.2 Å². The van der Waals surface area contributed by atoms with Crippen molar-refractivity contribution in [3.05, 3.63) is 28.8 Å². The Morgan fingerprint density at radius 1 is 1.56 bits per heavy atom. The number of imidazole rings is 1. The van der Waals surface area contributed by atoms with Crippen molar-refractivity contribution in [2.45, 2.75) is 6.42 Å². The van der Waals surface area contributed by atoms with Crippen molar-refractivity contribution in [3.8, 4) is 5.75 Å². The van der Waals surface area contributed by atoms with E-state index in [0.717, 1.165) is 34.7 Å². The number of fused-ring (bicyclic) bond motifs is 1. The van der Waals surface area contributed by atoms with Gasteiger partial charge in [-0.25, -0.2) is 4.98 Å². The summed E-state index contributed by atoms with van der Waals surface area (Å²) in [4.78, 5) is 4.49. The van der Waals surface area contributed by atoms with Gasteiger partial charge in [-0.15, -0.1) is 0 Å². The number of aromatic nitrogens is 2. The van der Waals surface area contributed by atoms with Gasteiger partial charge in [0.25, 0.3) is 0 Å². The lowest BCUT2D eigenvalue weighted by molar-refractivity contribution is 0.414. The summed E-state index contributed by atoms with van der Waals surface area (Å²) in [6, 6.07) is 3.91.